The maximum absolute atomic E-state index is 11.8. The Morgan fingerprint density at radius 1 is 1.60 bits per heavy atom. The van der Waals surface area contributed by atoms with Gasteiger partial charge in [0.25, 0.3) is 5.56 Å². The minimum atomic E-state index is 0.0349. The first kappa shape index (κ1) is 8.67. The lowest BCUT2D eigenvalue weighted by Crippen LogP contribution is -2.29. The Morgan fingerprint density at radius 3 is 3.27 bits per heavy atom. The van der Waals surface area contributed by atoms with Gasteiger partial charge in [0.05, 0.1) is 17.3 Å². The van der Waals surface area contributed by atoms with E-state index in [4.69, 9.17) is 4.42 Å². The van der Waals surface area contributed by atoms with Gasteiger partial charge in [-0.05, 0) is 12.1 Å². The van der Waals surface area contributed by atoms with Gasteiger partial charge in [0.2, 0.25) is 0 Å². The monoisotopic (exact) mass is 220 g/mol. The molecule has 0 radical (unpaired) electrons. The molecule has 1 aliphatic heterocycles. The molecule has 3 heterocycles. The molecule has 3 rings (SSSR count). The van der Waals surface area contributed by atoms with E-state index in [0.29, 0.717) is 16.8 Å². The Labute approximate surface area is 88.8 Å². The summed E-state index contributed by atoms with van der Waals surface area (Å²) in [6.07, 6.45) is 3.35. The summed E-state index contributed by atoms with van der Waals surface area (Å²) in [4.78, 5) is 16.9. The number of rotatable bonds is 1. The number of thiazole rings is 1. The highest BCUT2D eigenvalue weighted by Gasteiger charge is 2.09. The van der Waals surface area contributed by atoms with Crippen molar-refractivity contribution in [3.63, 3.8) is 0 Å². The molecule has 0 aliphatic carbocycles. The fraction of sp³-hybridized carbons (Fsp3) is 0.200. The summed E-state index contributed by atoms with van der Waals surface area (Å²) in [5.41, 5.74) is 0.0349. The number of nitrogens with zero attached hydrogens (tertiary/aromatic N) is 2. The molecule has 0 fully saturated rings. The molecule has 0 bridgehead atoms. The van der Waals surface area contributed by atoms with Gasteiger partial charge < -0.3 is 4.42 Å². The Morgan fingerprint density at radius 2 is 2.53 bits per heavy atom. The van der Waals surface area contributed by atoms with E-state index in [2.05, 4.69) is 4.99 Å². The Balaban J connectivity index is 2.26. The number of hydrogen-bond donors (Lipinski definition) is 0. The number of aromatic nitrogens is 1. The molecule has 0 saturated carbocycles. The lowest BCUT2D eigenvalue weighted by Gasteiger charge is -1.85. The third-order valence-electron chi connectivity index (χ3n) is 2.28. The predicted octanol–water partition coefficient (Wildman–Crippen LogP) is -0.0352. The van der Waals surface area contributed by atoms with Crippen LogP contribution in [0.2, 0.25) is 0 Å². The van der Waals surface area contributed by atoms with E-state index in [1.807, 2.05) is 6.07 Å². The SMILES string of the molecule is O=c1c(=Cc2ccco2)sc2n1CCN=2. The van der Waals surface area contributed by atoms with Gasteiger partial charge in [-0.3, -0.25) is 14.4 Å². The zero-order valence-electron chi connectivity index (χ0n) is 7.84. The van der Waals surface area contributed by atoms with Gasteiger partial charge in [0.15, 0.2) is 4.80 Å². The molecule has 0 spiro atoms. The first-order valence-corrected chi connectivity index (χ1v) is 5.45. The second-order valence-corrected chi connectivity index (χ2v) is 4.26. The van der Waals surface area contributed by atoms with Crippen molar-refractivity contribution in [3.8, 4) is 0 Å². The van der Waals surface area contributed by atoms with Gasteiger partial charge in [0.1, 0.15) is 5.76 Å². The van der Waals surface area contributed by atoms with Crippen LogP contribution in [-0.4, -0.2) is 11.1 Å². The lowest BCUT2D eigenvalue weighted by molar-refractivity contribution is 0.556. The fourth-order valence-corrected chi connectivity index (χ4v) is 2.58. The normalized spacial score (nSPS) is 15.3. The van der Waals surface area contributed by atoms with Crippen LogP contribution in [0.3, 0.4) is 0 Å². The first-order chi connectivity index (χ1) is 7.34. The highest BCUT2D eigenvalue weighted by Crippen LogP contribution is 1.99. The summed E-state index contributed by atoms with van der Waals surface area (Å²) in [6, 6.07) is 3.63. The molecule has 4 nitrogen and oxygen atoms in total. The third-order valence-corrected chi connectivity index (χ3v) is 3.32. The average Bonchev–Trinajstić information content (AvgIpc) is 2.89. The first-order valence-electron chi connectivity index (χ1n) is 4.64. The van der Waals surface area contributed by atoms with Crippen LogP contribution >= 0.6 is 11.3 Å². The highest BCUT2D eigenvalue weighted by atomic mass is 32.1. The second kappa shape index (κ2) is 3.20. The summed E-state index contributed by atoms with van der Waals surface area (Å²) in [6.45, 7) is 1.43. The zero-order valence-corrected chi connectivity index (χ0v) is 8.66. The molecular formula is C10H8N2O2S. The van der Waals surface area contributed by atoms with Crippen molar-refractivity contribution in [2.24, 2.45) is 4.99 Å². The van der Waals surface area contributed by atoms with Gasteiger partial charge in [-0.15, -0.1) is 0 Å². The van der Waals surface area contributed by atoms with E-state index in [1.165, 1.54) is 11.3 Å². The van der Waals surface area contributed by atoms with Crippen LogP contribution in [0.4, 0.5) is 0 Å². The summed E-state index contributed by atoms with van der Waals surface area (Å²) >= 11 is 1.42. The number of fused-ring (bicyclic) bond motifs is 1. The van der Waals surface area contributed by atoms with E-state index in [1.54, 1.807) is 23.0 Å². The quantitative estimate of drug-likeness (QED) is 0.677. The second-order valence-electron chi connectivity index (χ2n) is 3.25. The smallest absolute Gasteiger partial charge is 0.270 e. The molecular weight excluding hydrogens is 212 g/mol. The maximum Gasteiger partial charge on any atom is 0.270 e. The van der Waals surface area contributed by atoms with Crippen molar-refractivity contribution >= 4 is 17.4 Å². The molecule has 0 atom stereocenters. The summed E-state index contributed by atoms with van der Waals surface area (Å²) < 4.78 is 7.56. The van der Waals surface area contributed by atoms with Crippen molar-refractivity contribution in [1.29, 1.82) is 0 Å². The van der Waals surface area contributed by atoms with Crippen LogP contribution in [0.5, 0.6) is 0 Å². The van der Waals surface area contributed by atoms with Crippen LogP contribution in [0, 0.1) is 0 Å². The lowest BCUT2D eigenvalue weighted by atomic mass is 10.4. The topological polar surface area (TPSA) is 47.5 Å². The summed E-state index contributed by atoms with van der Waals surface area (Å²) in [5, 5.41) is 0. The Kier molecular flexibility index (Phi) is 1.85. The molecule has 15 heavy (non-hydrogen) atoms. The van der Waals surface area contributed by atoms with Crippen molar-refractivity contribution < 1.29 is 4.42 Å². The van der Waals surface area contributed by atoms with Crippen molar-refractivity contribution in [3.05, 3.63) is 43.8 Å². The largest absolute Gasteiger partial charge is 0.465 e. The minimum absolute atomic E-state index is 0.0349. The van der Waals surface area contributed by atoms with Crippen molar-refractivity contribution in [2.75, 3.05) is 6.54 Å². The van der Waals surface area contributed by atoms with Crippen LogP contribution in [-0.2, 0) is 6.54 Å². The van der Waals surface area contributed by atoms with Crippen LogP contribution in [0.25, 0.3) is 6.08 Å². The van der Waals surface area contributed by atoms with Crippen LogP contribution in [0.1, 0.15) is 5.76 Å². The van der Waals surface area contributed by atoms with E-state index in [-0.39, 0.29) is 5.56 Å². The van der Waals surface area contributed by atoms with Gasteiger partial charge in [0, 0.05) is 12.6 Å². The molecule has 0 unspecified atom stereocenters. The van der Waals surface area contributed by atoms with Gasteiger partial charge in [-0.25, -0.2) is 0 Å². The van der Waals surface area contributed by atoms with Gasteiger partial charge in [-0.1, -0.05) is 11.3 Å². The Hall–Kier alpha value is -1.62. The minimum Gasteiger partial charge on any atom is -0.465 e. The van der Waals surface area contributed by atoms with Crippen molar-refractivity contribution in [1.82, 2.24) is 4.57 Å². The number of furan rings is 1. The molecule has 2 aromatic heterocycles. The molecule has 0 saturated heterocycles. The van der Waals surface area contributed by atoms with E-state index < -0.39 is 0 Å². The molecule has 76 valence electrons. The molecule has 0 amide bonds. The summed E-state index contributed by atoms with van der Waals surface area (Å²) in [7, 11) is 0. The molecule has 1 aliphatic rings. The third kappa shape index (κ3) is 1.35. The highest BCUT2D eigenvalue weighted by molar-refractivity contribution is 7.07. The van der Waals surface area contributed by atoms with Crippen LogP contribution < -0.4 is 14.9 Å². The van der Waals surface area contributed by atoms with E-state index >= 15 is 0 Å². The van der Waals surface area contributed by atoms with Gasteiger partial charge in [-0.2, -0.15) is 0 Å². The van der Waals surface area contributed by atoms with E-state index in [9.17, 15) is 4.79 Å². The standard InChI is InChI=1S/C10H8N2O2S/c13-9-8(6-7-2-1-5-14-7)15-10-11-3-4-12(9)10/h1-2,5-6H,3-4H2. The fourth-order valence-electron chi connectivity index (χ4n) is 1.57. The van der Waals surface area contributed by atoms with Crippen molar-refractivity contribution in [2.45, 2.75) is 6.54 Å². The van der Waals surface area contributed by atoms with Gasteiger partial charge >= 0.3 is 0 Å². The molecule has 5 heteroatoms. The molecule has 0 N–H and O–H groups in total. The molecule has 0 aromatic carbocycles. The average molecular weight is 220 g/mol. The predicted molar refractivity (Wildman–Crippen MR) is 56.5 cm³/mol. The summed E-state index contributed by atoms with van der Waals surface area (Å²) in [5.74, 6) is 0.702. The maximum atomic E-state index is 11.8. The molecule has 2 aromatic rings. The van der Waals surface area contributed by atoms with E-state index in [0.717, 1.165) is 11.3 Å². The number of hydrogen-bond acceptors (Lipinski definition) is 4. The van der Waals surface area contributed by atoms with Crippen LogP contribution in [0.15, 0.2) is 32.6 Å². The zero-order chi connectivity index (χ0) is 10.3. The Bertz CT molecular complexity index is 649.